The number of hydrogen-bond acceptors (Lipinski definition) is 3. The summed E-state index contributed by atoms with van der Waals surface area (Å²) in [6, 6.07) is 7.23. The summed E-state index contributed by atoms with van der Waals surface area (Å²) in [7, 11) is 0. The van der Waals surface area contributed by atoms with Crippen LogP contribution in [0.4, 0.5) is 0 Å². The summed E-state index contributed by atoms with van der Waals surface area (Å²) >= 11 is 0. The van der Waals surface area contributed by atoms with Crippen LogP contribution in [0.2, 0.25) is 0 Å². The Morgan fingerprint density at radius 1 is 1.12 bits per heavy atom. The second-order valence-electron chi connectivity index (χ2n) is 6.84. The zero-order chi connectivity index (χ0) is 16.5. The molecule has 1 aliphatic carbocycles. The molecule has 1 saturated heterocycles. The van der Waals surface area contributed by atoms with Crippen molar-refractivity contribution in [3.63, 3.8) is 0 Å². The molecule has 2 aliphatic rings. The lowest BCUT2D eigenvalue weighted by Gasteiger charge is -2.29. The van der Waals surface area contributed by atoms with E-state index in [2.05, 4.69) is 4.98 Å². The lowest BCUT2D eigenvalue weighted by atomic mass is 9.95. The fourth-order valence-corrected chi connectivity index (χ4v) is 4.25. The van der Waals surface area contributed by atoms with Crippen molar-refractivity contribution in [3.05, 3.63) is 46.4 Å². The number of hydrogen-bond donors (Lipinski definition) is 1. The smallest absolute Gasteiger partial charge is 0.261 e. The predicted molar refractivity (Wildman–Crippen MR) is 90.8 cm³/mol. The number of aromatic nitrogens is 1. The average Bonchev–Trinajstić information content (AvgIpc) is 3.35. The number of nitrogens with one attached hydrogen (secondary N) is 1. The number of carbonyl (C=O) groups excluding carboxylic acids is 1. The molecule has 1 amide bonds. The Morgan fingerprint density at radius 2 is 1.96 bits per heavy atom. The minimum absolute atomic E-state index is 0.128. The maximum Gasteiger partial charge on any atom is 0.261 e. The molecule has 1 unspecified atom stereocenters. The van der Waals surface area contributed by atoms with Gasteiger partial charge in [0.15, 0.2) is 0 Å². The monoisotopic (exact) mass is 326 g/mol. The Labute approximate surface area is 140 Å². The molecule has 5 nitrogen and oxygen atoms in total. The van der Waals surface area contributed by atoms with E-state index >= 15 is 0 Å². The largest absolute Gasteiger partial charge is 0.463 e. The van der Waals surface area contributed by atoms with Crippen LogP contribution in [0.5, 0.6) is 0 Å². The number of nitrogens with zero attached hydrogens (tertiary/aromatic N) is 1. The average molecular weight is 326 g/mol. The highest BCUT2D eigenvalue weighted by molar-refractivity contribution is 5.94. The Balaban J connectivity index is 1.58. The third-order valence-electron chi connectivity index (χ3n) is 5.43. The van der Waals surface area contributed by atoms with Crippen LogP contribution in [0, 0.1) is 5.92 Å². The highest BCUT2D eigenvalue weighted by Crippen LogP contribution is 2.35. The van der Waals surface area contributed by atoms with E-state index in [1.54, 1.807) is 30.5 Å². The first kappa shape index (κ1) is 15.2. The molecule has 0 bridgehead atoms. The Bertz CT molecular complexity index is 772. The summed E-state index contributed by atoms with van der Waals surface area (Å²) in [5, 5.41) is 0. The van der Waals surface area contributed by atoms with Crippen molar-refractivity contribution in [2.45, 2.75) is 44.6 Å². The lowest BCUT2D eigenvalue weighted by Crippen LogP contribution is -2.41. The van der Waals surface area contributed by atoms with E-state index < -0.39 is 0 Å². The summed E-state index contributed by atoms with van der Waals surface area (Å²) in [6.07, 6.45) is 8.62. The third-order valence-corrected chi connectivity index (χ3v) is 5.43. The SMILES string of the molecule is O=C(c1ccc(-c2ccco2)[nH]c1=O)N1CCCC1C1CCCC1. The highest BCUT2D eigenvalue weighted by atomic mass is 16.3. The van der Waals surface area contributed by atoms with Gasteiger partial charge in [0.05, 0.1) is 12.0 Å². The first-order valence-electron chi connectivity index (χ1n) is 8.82. The summed E-state index contributed by atoms with van der Waals surface area (Å²) in [5.41, 5.74) is 0.483. The van der Waals surface area contributed by atoms with E-state index in [-0.39, 0.29) is 17.0 Å². The van der Waals surface area contributed by atoms with Crippen molar-refractivity contribution >= 4 is 5.91 Å². The number of amides is 1. The molecule has 2 fully saturated rings. The van der Waals surface area contributed by atoms with Gasteiger partial charge in [0.1, 0.15) is 11.3 Å². The predicted octanol–water partition coefficient (Wildman–Crippen LogP) is 3.43. The molecule has 1 N–H and O–H groups in total. The molecule has 0 aromatic carbocycles. The van der Waals surface area contributed by atoms with Crippen molar-refractivity contribution in [3.8, 4) is 11.5 Å². The molecular formula is C19H22N2O3. The summed E-state index contributed by atoms with van der Waals surface area (Å²) < 4.78 is 5.29. The first-order valence-corrected chi connectivity index (χ1v) is 8.82. The number of aromatic amines is 1. The van der Waals surface area contributed by atoms with Crippen molar-refractivity contribution in [1.82, 2.24) is 9.88 Å². The van der Waals surface area contributed by atoms with Gasteiger partial charge in [-0.25, -0.2) is 0 Å². The molecule has 5 heteroatoms. The third kappa shape index (κ3) is 2.68. The minimum atomic E-state index is -0.342. The van der Waals surface area contributed by atoms with Gasteiger partial charge < -0.3 is 14.3 Å². The van der Waals surface area contributed by atoms with Crippen LogP contribution in [-0.4, -0.2) is 28.4 Å². The van der Waals surface area contributed by atoms with Crippen molar-refractivity contribution in [1.29, 1.82) is 0 Å². The number of carbonyl (C=O) groups is 1. The Hall–Kier alpha value is -2.30. The fourth-order valence-electron chi connectivity index (χ4n) is 4.25. The zero-order valence-electron chi connectivity index (χ0n) is 13.7. The molecule has 3 heterocycles. The molecule has 1 atom stereocenters. The van der Waals surface area contributed by atoms with E-state index in [1.807, 2.05) is 4.90 Å². The molecule has 2 aromatic heterocycles. The number of H-pyrrole nitrogens is 1. The Kier molecular flexibility index (Phi) is 4.00. The van der Waals surface area contributed by atoms with Crippen LogP contribution in [0.3, 0.4) is 0 Å². The zero-order valence-corrected chi connectivity index (χ0v) is 13.7. The molecule has 1 saturated carbocycles. The van der Waals surface area contributed by atoms with Crippen molar-refractivity contribution < 1.29 is 9.21 Å². The van der Waals surface area contributed by atoms with Gasteiger partial charge in [-0.2, -0.15) is 0 Å². The van der Waals surface area contributed by atoms with Gasteiger partial charge in [0.2, 0.25) is 0 Å². The molecule has 1 aliphatic heterocycles. The van der Waals surface area contributed by atoms with E-state index in [9.17, 15) is 9.59 Å². The topological polar surface area (TPSA) is 66.3 Å². The minimum Gasteiger partial charge on any atom is -0.463 e. The van der Waals surface area contributed by atoms with Gasteiger partial charge in [0, 0.05) is 12.6 Å². The lowest BCUT2D eigenvalue weighted by molar-refractivity contribution is 0.0687. The maximum atomic E-state index is 12.9. The van der Waals surface area contributed by atoms with Gasteiger partial charge in [0.25, 0.3) is 11.5 Å². The second-order valence-corrected chi connectivity index (χ2v) is 6.84. The van der Waals surface area contributed by atoms with E-state index in [0.29, 0.717) is 23.4 Å². The normalized spacial score (nSPS) is 21.5. The van der Waals surface area contributed by atoms with Gasteiger partial charge in [-0.05, 0) is 55.9 Å². The van der Waals surface area contributed by atoms with E-state index in [0.717, 1.165) is 19.4 Å². The van der Waals surface area contributed by atoms with Crippen LogP contribution >= 0.6 is 0 Å². The van der Waals surface area contributed by atoms with Crippen molar-refractivity contribution in [2.75, 3.05) is 6.54 Å². The number of likely N-dealkylation sites (tertiary alicyclic amines) is 1. The fraction of sp³-hybridized carbons (Fsp3) is 0.474. The van der Waals surface area contributed by atoms with Gasteiger partial charge >= 0.3 is 0 Å². The summed E-state index contributed by atoms with van der Waals surface area (Å²) in [5.74, 6) is 1.07. The van der Waals surface area contributed by atoms with Crippen LogP contribution in [0.1, 0.15) is 48.9 Å². The molecule has 2 aromatic rings. The second kappa shape index (κ2) is 6.30. The number of pyridine rings is 1. The first-order chi connectivity index (χ1) is 11.7. The molecular weight excluding hydrogens is 304 g/mol. The molecule has 4 rings (SSSR count). The van der Waals surface area contributed by atoms with Crippen LogP contribution in [0.15, 0.2) is 39.7 Å². The van der Waals surface area contributed by atoms with Crippen molar-refractivity contribution in [2.24, 2.45) is 5.92 Å². The summed E-state index contributed by atoms with van der Waals surface area (Å²) in [6.45, 7) is 0.763. The summed E-state index contributed by atoms with van der Waals surface area (Å²) in [4.78, 5) is 30.0. The van der Waals surface area contributed by atoms with E-state index in [1.165, 1.54) is 25.7 Å². The molecule has 0 spiro atoms. The molecule has 126 valence electrons. The number of furan rings is 1. The Morgan fingerprint density at radius 3 is 2.67 bits per heavy atom. The standard InChI is InChI=1S/C19H22N2O3/c22-18-14(9-10-15(20-18)17-8-4-12-24-17)19(23)21-11-3-7-16(21)13-5-1-2-6-13/h4,8-10,12-13,16H,1-3,5-7,11H2,(H,20,22). The van der Waals surface area contributed by atoms with Crippen LogP contribution in [-0.2, 0) is 0 Å². The quantitative estimate of drug-likeness (QED) is 0.939. The van der Waals surface area contributed by atoms with Gasteiger partial charge in [-0.3, -0.25) is 9.59 Å². The van der Waals surface area contributed by atoms with Crippen LogP contribution in [0.25, 0.3) is 11.5 Å². The number of rotatable bonds is 3. The van der Waals surface area contributed by atoms with Gasteiger partial charge in [-0.15, -0.1) is 0 Å². The van der Waals surface area contributed by atoms with Crippen LogP contribution < -0.4 is 5.56 Å². The molecule has 24 heavy (non-hydrogen) atoms. The van der Waals surface area contributed by atoms with Gasteiger partial charge in [-0.1, -0.05) is 12.8 Å². The van der Waals surface area contributed by atoms with E-state index in [4.69, 9.17) is 4.42 Å². The maximum absolute atomic E-state index is 12.9. The highest BCUT2D eigenvalue weighted by Gasteiger charge is 2.36. The molecule has 0 radical (unpaired) electrons.